The molecule has 0 saturated carbocycles. The van der Waals surface area contributed by atoms with E-state index in [1.807, 2.05) is 6.92 Å². The van der Waals surface area contributed by atoms with E-state index in [4.69, 9.17) is 0 Å². The number of nitrogens with one attached hydrogen (secondary N) is 1. The van der Waals surface area contributed by atoms with Gasteiger partial charge in [0.2, 0.25) is 11.8 Å². The van der Waals surface area contributed by atoms with Crippen molar-refractivity contribution in [3.8, 4) is 0 Å². The molecular weight excluding hydrogens is 318 g/mol. The molecule has 1 aliphatic heterocycles. The molecule has 1 aromatic carbocycles. The number of piperidine rings is 1. The van der Waals surface area contributed by atoms with Gasteiger partial charge in [-0.3, -0.25) is 9.59 Å². The van der Waals surface area contributed by atoms with Crippen molar-refractivity contribution in [2.45, 2.75) is 38.8 Å². The molecular formula is C17H22F2N2O3. The summed E-state index contributed by atoms with van der Waals surface area (Å²) < 4.78 is 27.1. The number of carbonyl (C=O) groups excluding carboxylic acids is 2. The monoisotopic (exact) mass is 340 g/mol. The van der Waals surface area contributed by atoms with Crippen molar-refractivity contribution in [3.63, 3.8) is 0 Å². The zero-order valence-electron chi connectivity index (χ0n) is 13.8. The number of likely N-dealkylation sites (tertiary alicyclic amines) is 1. The fraction of sp³-hybridized carbons (Fsp3) is 0.529. The van der Waals surface area contributed by atoms with Crippen molar-refractivity contribution >= 4 is 11.8 Å². The number of benzene rings is 1. The Morgan fingerprint density at radius 2 is 2.12 bits per heavy atom. The average molecular weight is 340 g/mol. The lowest BCUT2D eigenvalue weighted by molar-refractivity contribution is -0.136. The minimum Gasteiger partial charge on any atom is -0.391 e. The van der Waals surface area contributed by atoms with Gasteiger partial charge in [-0.25, -0.2) is 8.78 Å². The van der Waals surface area contributed by atoms with Crippen molar-refractivity contribution < 1.29 is 23.5 Å². The molecule has 24 heavy (non-hydrogen) atoms. The molecule has 5 nitrogen and oxygen atoms in total. The van der Waals surface area contributed by atoms with Gasteiger partial charge in [-0.15, -0.1) is 0 Å². The van der Waals surface area contributed by atoms with Crippen LogP contribution in [-0.2, 0) is 9.59 Å². The van der Waals surface area contributed by atoms with Gasteiger partial charge in [0.1, 0.15) is 11.6 Å². The second-order valence-corrected chi connectivity index (χ2v) is 6.30. The summed E-state index contributed by atoms with van der Waals surface area (Å²) in [6.07, 6.45) is -0.0595. The second kappa shape index (κ2) is 7.70. The molecule has 2 rings (SSSR count). The molecule has 7 heteroatoms. The molecule has 0 radical (unpaired) electrons. The fourth-order valence-corrected chi connectivity index (χ4v) is 2.85. The highest BCUT2D eigenvalue weighted by Crippen LogP contribution is 2.24. The van der Waals surface area contributed by atoms with Gasteiger partial charge >= 0.3 is 0 Å². The molecule has 1 heterocycles. The van der Waals surface area contributed by atoms with Gasteiger partial charge in [0.15, 0.2) is 0 Å². The number of amides is 2. The van der Waals surface area contributed by atoms with Gasteiger partial charge < -0.3 is 15.3 Å². The molecule has 1 fully saturated rings. The van der Waals surface area contributed by atoms with Gasteiger partial charge in [-0.05, 0) is 18.4 Å². The zero-order chi connectivity index (χ0) is 17.9. The van der Waals surface area contributed by atoms with E-state index in [2.05, 4.69) is 5.32 Å². The SMILES string of the molecule is CC(=O)NC(CC(=O)N1CCC(C)C(O)C1)c1ccc(F)cc1F. The maximum atomic E-state index is 14.0. The van der Waals surface area contributed by atoms with Crippen LogP contribution in [-0.4, -0.2) is 41.0 Å². The van der Waals surface area contributed by atoms with Gasteiger partial charge in [0.05, 0.1) is 18.6 Å². The summed E-state index contributed by atoms with van der Waals surface area (Å²) in [6.45, 7) is 3.92. The van der Waals surface area contributed by atoms with Crippen molar-refractivity contribution in [1.29, 1.82) is 0 Å². The van der Waals surface area contributed by atoms with Crippen LogP contribution in [0.15, 0.2) is 18.2 Å². The van der Waals surface area contributed by atoms with Gasteiger partial charge in [0, 0.05) is 31.6 Å². The van der Waals surface area contributed by atoms with Crippen molar-refractivity contribution in [2.24, 2.45) is 5.92 Å². The lowest BCUT2D eigenvalue weighted by Crippen LogP contribution is -2.46. The largest absolute Gasteiger partial charge is 0.391 e. The number of rotatable bonds is 4. The summed E-state index contributed by atoms with van der Waals surface area (Å²) >= 11 is 0. The third kappa shape index (κ3) is 4.50. The van der Waals surface area contributed by atoms with Crippen molar-refractivity contribution in [3.05, 3.63) is 35.4 Å². The van der Waals surface area contributed by atoms with E-state index in [9.17, 15) is 23.5 Å². The predicted octanol–water partition coefficient (Wildman–Crippen LogP) is 1.76. The van der Waals surface area contributed by atoms with Crippen LogP contribution in [0.5, 0.6) is 0 Å². The Kier molecular flexibility index (Phi) is 5.88. The topological polar surface area (TPSA) is 69.6 Å². The summed E-state index contributed by atoms with van der Waals surface area (Å²) in [4.78, 5) is 25.4. The minimum atomic E-state index is -0.882. The van der Waals surface area contributed by atoms with Gasteiger partial charge in [-0.2, -0.15) is 0 Å². The van der Waals surface area contributed by atoms with Crippen LogP contribution >= 0.6 is 0 Å². The molecule has 0 spiro atoms. The molecule has 0 aromatic heterocycles. The predicted molar refractivity (Wildman–Crippen MR) is 83.9 cm³/mol. The van der Waals surface area contributed by atoms with Crippen LogP contribution < -0.4 is 5.32 Å². The van der Waals surface area contributed by atoms with E-state index in [-0.39, 0.29) is 30.4 Å². The van der Waals surface area contributed by atoms with Crippen LogP contribution in [0.4, 0.5) is 8.78 Å². The van der Waals surface area contributed by atoms with Crippen LogP contribution in [0, 0.1) is 17.6 Å². The Balaban J connectivity index is 2.14. The van der Waals surface area contributed by atoms with E-state index in [0.29, 0.717) is 13.0 Å². The first kappa shape index (κ1) is 18.3. The molecule has 2 amide bonds. The van der Waals surface area contributed by atoms with Gasteiger partial charge in [-0.1, -0.05) is 13.0 Å². The first-order valence-electron chi connectivity index (χ1n) is 7.95. The van der Waals surface area contributed by atoms with Crippen LogP contribution in [0.3, 0.4) is 0 Å². The molecule has 1 aliphatic rings. The Morgan fingerprint density at radius 3 is 2.71 bits per heavy atom. The summed E-state index contributed by atoms with van der Waals surface area (Å²) in [5.41, 5.74) is 0.0610. The lowest BCUT2D eigenvalue weighted by Gasteiger charge is -2.35. The van der Waals surface area contributed by atoms with Crippen LogP contribution in [0.1, 0.15) is 38.3 Å². The van der Waals surface area contributed by atoms with Crippen LogP contribution in [0.2, 0.25) is 0 Å². The molecule has 0 aliphatic carbocycles. The van der Waals surface area contributed by atoms with E-state index < -0.39 is 29.7 Å². The van der Waals surface area contributed by atoms with Gasteiger partial charge in [0.25, 0.3) is 0 Å². The Morgan fingerprint density at radius 1 is 1.42 bits per heavy atom. The molecule has 1 saturated heterocycles. The standard InChI is InChI=1S/C17H22F2N2O3/c1-10-5-6-21(9-16(10)23)17(24)8-15(20-11(2)22)13-4-3-12(18)7-14(13)19/h3-4,7,10,15-16,23H,5-6,8-9H2,1-2H3,(H,20,22). The fourth-order valence-electron chi connectivity index (χ4n) is 2.85. The number of nitrogens with zero attached hydrogens (tertiary/aromatic N) is 1. The van der Waals surface area contributed by atoms with Crippen molar-refractivity contribution in [1.82, 2.24) is 10.2 Å². The summed E-state index contributed by atoms with van der Waals surface area (Å²) in [7, 11) is 0. The third-order valence-corrected chi connectivity index (χ3v) is 4.37. The third-order valence-electron chi connectivity index (χ3n) is 4.37. The number of hydrogen-bond donors (Lipinski definition) is 2. The molecule has 1 aromatic rings. The summed E-state index contributed by atoms with van der Waals surface area (Å²) in [5.74, 6) is -2.12. The smallest absolute Gasteiger partial charge is 0.225 e. The molecule has 132 valence electrons. The van der Waals surface area contributed by atoms with Crippen molar-refractivity contribution in [2.75, 3.05) is 13.1 Å². The maximum absolute atomic E-state index is 14.0. The maximum Gasteiger partial charge on any atom is 0.225 e. The average Bonchev–Trinajstić information content (AvgIpc) is 2.48. The number of hydrogen-bond acceptors (Lipinski definition) is 3. The molecule has 2 N–H and O–H groups in total. The first-order valence-corrected chi connectivity index (χ1v) is 7.95. The van der Waals surface area contributed by atoms with E-state index in [1.54, 1.807) is 0 Å². The number of aliphatic hydroxyl groups is 1. The first-order chi connectivity index (χ1) is 11.3. The van der Waals surface area contributed by atoms with E-state index in [1.165, 1.54) is 17.9 Å². The van der Waals surface area contributed by atoms with Crippen LogP contribution in [0.25, 0.3) is 0 Å². The quantitative estimate of drug-likeness (QED) is 0.877. The zero-order valence-corrected chi connectivity index (χ0v) is 13.8. The highest BCUT2D eigenvalue weighted by atomic mass is 19.1. The lowest BCUT2D eigenvalue weighted by atomic mass is 9.95. The number of β-amino-alcohol motifs (C(OH)–C–C–N with tert-alkyl or cyclic N) is 1. The highest BCUT2D eigenvalue weighted by Gasteiger charge is 2.29. The number of halogens is 2. The normalized spacial score (nSPS) is 22.1. The number of aliphatic hydroxyl groups excluding tert-OH is 1. The summed E-state index contributed by atoms with van der Waals surface area (Å²) in [5, 5.41) is 12.4. The Hall–Kier alpha value is -2.02. The Labute approximate surface area is 139 Å². The van der Waals surface area contributed by atoms with E-state index >= 15 is 0 Å². The van der Waals surface area contributed by atoms with E-state index in [0.717, 1.165) is 12.1 Å². The summed E-state index contributed by atoms with van der Waals surface area (Å²) in [6, 6.07) is 2.16. The Bertz CT molecular complexity index is 624. The number of carbonyl (C=O) groups is 2. The molecule has 3 atom stereocenters. The minimum absolute atomic E-state index is 0.0610. The molecule has 3 unspecified atom stereocenters. The second-order valence-electron chi connectivity index (χ2n) is 6.30. The highest BCUT2D eigenvalue weighted by molar-refractivity contribution is 5.79. The molecule has 0 bridgehead atoms.